The van der Waals surface area contributed by atoms with Crippen LogP contribution >= 0.6 is 27.7 Å². The number of methoxy groups -OCH3 is 2. The maximum absolute atomic E-state index is 5.37. The molecule has 0 aliphatic carbocycles. The molecule has 0 atom stereocenters. The van der Waals surface area contributed by atoms with Crippen molar-refractivity contribution in [2.75, 3.05) is 14.2 Å². The van der Waals surface area contributed by atoms with E-state index in [2.05, 4.69) is 38.3 Å². The second kappa shape index (κ2) is 7.93. The van der Waals surface area contributed by atoms with Crippen LogP contribution in [0.3, 0.4) is 0 Å². The fourth-order valence-electron chi connectivity index (χ4n) is 2.44. The van der Waals surface area contributed by atoms with Gasteiger partial charge in [0.15, 0.2) is 22.5 Å². The van der Waals surface area contributed by atoms with Crippen molar-refractivity contribution in [1.82, 2.24) is 14.8 Å². The van der Waals surface area contributed by atoms with Gasteiger partial charge in [0, 0.05) is 22.8 Å². The summed E-state index contributed by atoms with van der Waals surface area (Å²) in [5, 5.41) is 9.52. The molecule has 5 nitrogen and oxygen atoms in total. The van der Waals surface area contributed by atoms with Gasteiger partial charge in [-0.1, -0.05) is 39.8 Å². The number of halogens is 1. The van der Waals surface area contributed by atoms with Crippen LogP contribution in [0, 0.1) is 0 Å². The maximum Gasteiger partial charge on any atom is 0.191 e. The molecule has 3 rings (SSSR count). The lowest BCUT2D eigenvalue weighted by Crippen LogP contribution is -1.96. The van der Waals surface area contributed by atoms with Gasteiger partial charge in [0.2, 0.25) is 0 Å². The van der Waals surface area contributed by atoms with Crippen LogP contribution < -0.4 is 9.47 Å². The molecule has 0 amide bonds. The largest absolute Gasteiger partial charge is 0.493 e. The Hall–Kier alpha value is -1.99. The van der Waals surface area contributed by atoms with E-state index in [0.29, 0.717) is 11.5 Å². The highest BCUT2D eigenvalue weighted by Gasteiger charge is 2.14. The number of ether oxygens (including phenoxy) is 2. The number of hydrogen-bond acceptors (Lipinski definition) is 5. The molecule has 25 heavy (non-hydrogen) atoms. The van der Waals surface area contributed by atoms with Crippen LogP contribution in [-0.4, -0.2) is 29.0 Å². The highest BCUT2D eigenvalue weighted by molar-refractivity contribution is 9.10. The number of rotatable bonds is 6. The lowest BCUT2D eigenvalue weighted by molar-refractivity contribution is 0.355. The molecule has 0 saturated heterocycles. The molecular weight excluding hydrogens is 402 g/mol. The van der Waals surface area contributed by atoms with Gasteiger partial charge < -0.3 is 14.0 Å². The van der Waals surface area contributed by atoms with Crippen molar-refractivity contribution >= 4 is 27.7 Å². The summed E-state index contributed by atoms with van der Waals surface area (Å²) in [6, 6.07) is 14.0. The van der Waals surface area contributed by atoms with Gasteiger partial charge in [-0.3, -0.25) is 0 Å². The molecule has 0 bridgehead atoms. The third-order valence-corrected chi connectivity index (χ3v) is 5.32. The van der Waals surface area contributed by atoms with Crippen LogP contribution in [0.5, 0.6) is 11.5 Å². The Morgan fingerprint density at radius 1 is 1.04 bits per heavy atom. The summed E-state index contributed by atoms with van der Waals surface area (Å²) < 4.78 is 13.7. The van der Waals surface area contributed by atoms with Crippen LogP contribution in [0.1, 0.15) is 5.56 Å². The van der Waals surface area contributed by atoms with Gasteiger partial charge in [-0.2, -0.15) is 0 Å². The molecule has 0 spiro atoms. The summed E-state index contributed by atoms with van der Waals surface area (Å²) in [6.07, 6.45) is 0. The van der Waals surface area contributed by atoms with E-state index in [1.165, 1.54) is 5.56 Å². The molecule has 0 radical (unpaired) electrons. The molecule has 0 aliphatic rings. The molecule has 130 valence electrons. The second-order valence-corrected chi connectivity index (χ2v) is 7.21. The first-order valence-corrected chi connectivity index (χ1v) is 9.39. The van der Waals surface area contributed by atoms with Gasteiger partial charge in [0.1, 0.15) is 0 Å². The number of benzene rings is 2. The lowest BCUT2D eigenvalue weighted by atomic mass is 10.2. The van der Waals surface area contributed by atoms with Crippen molar-refractivity contribution in [2.24, 2.45) is 7.05 Å². The number of nitrogens with zero attached hydrogens (tertiary/aromatic N) is 3. The SMILES string of the molecule is COc1ccc(-c2nnc(SCc3cccc(Br)c3)n2C)cc1OC. The van der Waals surface area contributed by atoms with Crippen molar-refractivity contribution in [2.45, 2.75) is 10.9 Å². The van der Waals surface area contributed by atoms with Gasteiger partial charge in [-0.15, -0.1) is 10.2 Å². The molecular formula is C18H18BrN3O2S. The zero-order valence-electron chi connectivity index (χ0n) is 14.2. The second-order valence-electron chi connectivity index (χ2n) is 5.35. The average Bonchev–Trinajstić information content (AvgIpc) is 3.00. The normalized spacial score (nSPS) is 10.7. The molecule has 1 aromatic heterocycles. The summed E-state index contributed by atoms with van der Waals surface area (Å²) in [7, 11) is 5.21. The van der Waals surface area contributed by atoms with E-state index in [9.17, 15) is 0 Å². The van der Waals surface area contributed by atoms with E-state index < -0.39 is 0 Å². The van der Waals surface area contributed by atoms with Crippen molar-refractivity contribution in [3.05, 3.63) is 52.5 Å². The van der Waals surface area contributed by atoms with E-state index in [0.717, 1.165) is 26.8 Å². The van der Waals surface area contributed by atoms with Crippen LogP contribution in [0.2, 0.25) is 0 Å². The minimum absolute atomic E-state index is 0.673. The van der Waals surface area contributed by atoms with Gasteiger partial charge in [0.25, 0.3) is 0 Å². The molecule has 7 heteroatoms. The first-order chi connectivity index (χ1) is 12.1. The Morgan fingerprint density at radius 3 is 2.56 bits per heavy atom. The summed E-state index contributed by atoms with van der Waals surface area (Å²) >= 11 is 5.15. The van der Waals surface area contributed by atoms with Gasteiger partial charge in [0.05, 0.1) is 14.2 Å². The summed E-state index contributed by atoms with van der Waals surface area (Å²) in [5.74, 6) is 2.99. The molecule has 0 N–H and O–H groups in total. The molecule has 0 saturated carbocycles. The predicted molar refractivity (Wildman–Crippen MR) is 103 cm³/mol. The minimum Gasteiger partial charge on any atom is -0.493 e. The smallest absolute Gasteiger partial charge is 0.191 e. The van der Waals surface area contributed by atoms with E-state index in [4.69, 9.17) is 9.47 Å². The van der Waals surface area contributed by atoms with Crippen molar-refractivity contribution in [3.8, 4) is 22.9 Å². The Balaban J connectivity index is 1.81. The minimum atomic E-state index is 0.673. The van der Waals surface area contributed by atoms with Crippen LogP contribution in [0.4, 0.5) is 0 Å². The Labute approximate surface area is 159 Å². The van der Waals surface area contributed by atoms with Crippen molar-refractivity contribution in [1.29, 1.82) is 0 Å². The first-order valence-electron chi connectivity index (χ1n) is 7.61. The third-order valence-electron chi connectivity index (χ3n) is 3.73. The summed E-state index contributed by atoms with van der Waals surface area (Å²) in [4.78, 5) is 0. The monoisotopic (exact) mass is 419 g/mol. The number of thioether (sulfide) groups is 1. The maximum atomic E-state index is 5.37. The summed E-state index contributed by atoms with van der Waals surface area (Å²) in [6.45, 7) is 0. The third kappa shape index (κ3) is 3.99. The lowest BCUT2D eigenvalue weighted by Gasteiger charge is -2.09. The van der Waals surface area contributed by atoms with Crippen molar-refractivity contribution in [3.63, 3.8) is 0 Å². The number of aromatic nitrogens is 3. The predicted octanol–water partition coefficient (Wildman–Crippen LogP) is 4.55. The molecule has 0 aliphatic heterocycles. The van der Waals surface area contributed by atoms with Gasteiger partial charge in [-0.05, 0) is 35.9 Å². The van der Waals surface area contributed by atoms with E-state index in [1.807, 2.05) is 41.9 Å². The quantitative estimate of drug-likeness (QED) is 0.548. The Morgan fingerprint density at radius 2 is 1.84 bits per heavy atom. The molecule has 0 unspecified atom stereocenters. The zero-order valence-corrected chi connectivity index (χ0v) is 16.6. The molecule has 2 aromatic carbocycles. The Bertz CT molecular complexity index is 883. The van der Waals surface area contributed by atoms with Crippen LogP contribution in [-0.2, 0) is 12.8 Å². The van der Waals surface area contributed by atoms with Crippen molar-refractivity contribution < 1.29 is 9.47 Å². The van der Waals surface area contributed by atoms with E-state index >= 15 is 0 Å². The average molecular weight is 420 g/mol. The standard InChI is InChI=1S/C18H18BrN3O2S/c1-22-17(13-7-8-15(23-2)16(10-13)24-3)20-21-18(22)25-11-12-5-4-6-14(19)9-12/h4-10H,11H2,1-3H3. The molecule has 3 aromatic rings. The molecule has 0 fully saturated rings. The fourth-order valence-corrected chi connectivity index (χ4v) is 3.74. The Kier molecular flexibility index (Phi) is 5.65. The first kappa shape index (κ1) is 17.8. The van der Waals surface area contributed by atoms with E-state index in [1.54, 1.807) is 26.0 Å². The van der Waals surface area contributed by atoms with Gasteiger partial charge in [-0.25, -0.2) is 0 Å². The van der Waals surface area contributed by atoms with Gasteiger partial charge >= 0.3 is 0 Å². The van der Waals surface area contributed by atoms with Crippen LogP contribution in [0.15, 0.2) is 52.1 Å². The number of hydrogen-bond donors (Lipinski definition) is 0. The topological polar surface area (TPSA) is 49.2 Å². The fraction of sp³-hybridized carbons (Fsp3) is 0.222. The highest BCUT2D eigenvalue weighted by atomic mass is 79.9. The highest BCUT2D eigenvalue weighted by Crippen LogP contribution is 2.32. The summed E-state index contributed by atoms with van der Waals surface area (Å²) in [5.41, 5.74) is 2.16. The zero-order chi connectivity index (χ0) is 17.8. The molecule has 1 heterocycles. The van der Waals surface area contributed by atoms with E-state index in [-0.39, 0.29) is 0 Å². The van der Waals surface area contributed by atoms with Crippen LogP contribution in [0.25, 0.3) is 11.4 Å².